The van der Waals surface area contributed by atoms with E-state index in [9.17, 15) is 18.4 Å². The lowest BCUT2D eigenvalue weighted by molar-refractivity contribution is -0.119. The molecule has 3 amide bonds. The van der Waals surface area contributed by atoms with Gasteiger partial charge in [0.2, 0.25) is 5.91 Å². The zero-order valence-corrected chi connectivity index (χ0v) is 19.9. The summed E-state index contributed by atoms with van der Waals surface area (Å²) in [5.74, 6) is -1.33. The monoisotopic (exact) mass is 477 g/mol. The van der Waals surface area contributed by atoms with Crippen molar-refractivity contribution in [1.82, 2.24) is 15.5 Å². The second-order valence-corrected chi connectivity index (χ2v) is 8.98. The van der Waals surface area contributed by atoms with Gasteiger partial charge in [-0.1, -0.05) is 54.6 Å². The zero-order valence-electron chi connectivity index (χ0n) is 19.9. The second kappa shape index (κ2) is 10.3. The predicted molar refractivity (Wildman–Crippen MR) is 131 cm³/mol. The van der Waals surface area contributed by atoms with Gasteiger partial charge in [0.25, 0.3) is 0 Å². The number of carbonyl (C=O) groups is 2. The first-order valence-corrected chi connectivity index (χ1v) is 11.7. The molecule has 1 aliphatic rings. The van der Waals surface area contributed by atoms with Crippen molar-refractivity contribution in [3.8, 4) is 11.1 Å². The maximum absolute atomic E-state index is 14.2. The summed E-state index contributed by atoms with van der Waals surface area (Å²) in [4.78, 5) is 26.5. The smallest absolute Gasteiger partial charge is 0.318 e. The summed E-state index contributed by atoms with van der Waals surface area (Å²) in [7, 11) is 0. The highest BCUT2D eigenvalue weighted by atomic mass is 19.1. The minimum Gasteiger partial charge on any atom is -0.356 e. The van der Waals surface area contributed by atoms with Gasteiger partial charge in [-0.3, -0.25) is 4.79 Å². The molecule has 3 aromatic rings. The number of hydrogen-bond donors (Lipinski definition) is 2. The third kappa shape index (κ3) is 5.34. The molecule has 0 bridgehead atoms. The number of halogens is 2. The van der Waals surface area contributed by atoms with Gasteiger partial charge in [-0.2, -0.15) is 0 Å². The van der Waals surface area contributed by atoms with Crippen LogP contribution in [0.15, 0.2) is 72.8 Å². The minimum absolute atomic E-state index is 0.102. The van der Waals surface area contributed by atoms with Crippen LogP contribution >= 0.6 is 0 Å². The van der Waals surface area contributed by atoms with Gasteiger partial charge in [0.1, 0.15) is 11.6 Å². The number of urea groups is 1. The van der Waals surface area contributed by atoms with Crippen LogP contribution in [0.2, 0.25) is 0 Å². The number of benzene rings is 3. The van der Waals surface area contributed by atoms with Crippen molar-refractivity contribution in [1.29, 1.82) is 0 Å². The van der Waals surface area contributed by atoms with Crippen molar-refractivity contribution < 1.29 is 18.4 Å². The molecule has 2 atom stereocenters. The quantitative estimate of drug-likeness (QED) is 0.470. The molecule has 2 N–H and O–H groups in total. The summed E-state index contributed by atoms with van der Waals surface area (Å²) >= 11 is 0. The van der Waals surface area contributed by atoms with Gasteiger partial charge in [-0.05, 0) is 48.6 Å². The number of hydrogen-bond acceptors (Lipinski definition) is 2. The Morgan fingerprint density at radius 1 is 1.09 bits per heavy atom. The van der Waals surface area contributed by atoms with E-state index in [1.54, 1.807) is 17.0 Å². The van der Waals surface area contributed by atoms with E-state index in [1.807, 2.05) is 49.4 Å². The van der Waals surface area contributed by atoms with E-state index in [2.05, 4.69) is 10.6 Å². The topological polar surface area (TPSA) is 61.4 Å². The van der Waals surface area contributed by atoms with Gasteiger partial charge in [-0.15, -0.1) is 0 Å². The lowest BCUT2D eigenvalue weighted by atomic mass is 9.81. The average molecular weight is 478 g/mol. The molecule has 2 unspecified atom stereocenters. The molecular weight excluding hydrogens is 448 g/mol. The van der Waals surface area contributed by atoms with Crippen molar-refractivity contribution in [3.05, 3.63) is 95.6 Å². The second-order valence-electron chi connectivity index (χ2n) is 8.98. The van der Waals surface area contributed by atoms with Crippen LogP contribution in [-0.4, -0.2) is 29.9 Å². The minimum atomic E-state index is -0.615. The molecule has 182 valence electrons. The van der Waals surface area contributed by atoms with Crippen molar-refractivity contribution in [3.63, 3.8) is 0 Å². The Morgan fingerprint density at radius 3 is 2.43 bits per heavy atom. The molecule has 1 aliphatic heterocycles. The number of rotatable bonds is 7. The third-order valence-electron chi connectivity index (χ3n) is 6.74. The highest BCUT2D eigenvalue weighted by molar-refractivity contribution is 5.77. The van der Waals surface area contributed by atoms with Crippen LogP contribution in [0.5, 0.6) is 0 Å². The summed E-state index contributed by atoms with van der Waals surface area (Å²) in [5, 5.41) is 6.06. The van der Waals surface area contributed by atoms with Crippen molar-refractivity contribution >= 4 is 11.9 Å². The van der Waals surface area contributed by atoms with Crippen molar-refractivity contribution in [2.45, 2.75) is 38.3 Å². The van der Waals surface area contributed by atoms with Crippen molar-refractivity contribution in [2.24, 2.45) is 0 Å². The van der Waals surface area contributed by atoms with E-state index in [0.717, 1.165) is 17.2 Å². The summed E-state index contributed by atoms with van der Waals surface area (Å²) in [6, 6.07) is 20.3. The van der Waals surface area contributed by atoms with Gasteiger partial charge in [0.15, 0.2) is 0 Å². The molecule has 0 aromatic heterocycles. The van der Waals surface area contributed by atoms with E-state index < -0.39 is 17.2 Å². The fraction of sp³-hybridized carbons (Fsp3) is 0.286. The van der Waals surface area contributed by atoms with Crippen LogP contribution < -0.4 is 10.6 Å². The number of nitrogens with one attached hydrogen (secondary N) is 2. The fourth-order valence-corrected chi connectivity index (χ4v) is 4.72. The van der Waals surface area contributed by atoms with Crippen LogP contribution in [0.25, 0.3) is 11.1 Å². The molecule has 1 fully saturated rings. The molecular formula is C28H29F2N3O2. The van der Waals surface area contributed by atoms with Crippen LogP contribution in [0.3, 0.4) is 0 Å². The summed E-state index contributed by atoms with van der Waals surface area (Å²) in [6.45, 7) is 4.44. The van der Waals surface area contributed by atoms with Gasteiger partial charge in [0, 0.05) is 31.6 Å². The third-order valence-corrected chi connectivity index (χ3v) is 6.74. The van der Waals surface area contributed by atoms with Gasteiger partial charge in [-0.25, -0.2) is 13.6 Å². The Morgan fingerprint density at radius 2 is 1.80 bits per heavy atom. The Hall–Kier alpha value is -3.74. The summed E-state index contributed by atoms with van der Waals surface area (Å²) in [6.07, 6.45) is 1.27. The Labute approximate surface area is 204 Å². The molecule has 1 heterocycles. The lowest BCUT2D eigenvalue weighted by Crippen LogP contribution is -2.59. The first kappa shape index (κ1) is 24.4. The molecule has 0 aliphatic carbocycles. The first-order valence-electron chi connectivity index (χ1n) is 11.7. The highest BCUT2D eigenvalue weighted by Gasteiger charge is 2.40. The van der Waals surface area contributed by atoms with E-state index in [1.165, 1.54) is 19.1 Å². The van der Waals surface area contributed by atoms with Crippen LogP contribution in [-0.2, 0) is 10.3 Å². The van der Waals surface area contributed by atoms with Gasteiger partial charge >= 0.3 is 6.03 Å². The van der Waals surface area contributed by atoms with Crippen LogP contribution in [0.1, 0.15) is 43.9 Å². The molecule has 5 nitrogen and oxygen atoms in total. The Kier molecular flexibility index (Phi) is 7.15. The number of nitrogens with zero attached hydrogens (tertiary/aromatic N) is 1. The number of carbonyl (C=O) groups excluding carboxylic acids is 2. The Bertz CT molecular complexity index is 1200. The van der Waals surface area contributed by atoms with E-state index in [4.69, 9.17) is 0 Å². The highest BCUT2D eigenvalue weighted by Crippen LogP contribution is 2.35. The van der Waals surface area contributed by atoms with E-state index >= 15 is 0 Å². The standard InChI is InChI=1S/C28H29F2N3O2/c1-19(21-8-10-22(11-9-21)25-13-12-24(29)18-26(25)30)33-17-15-28(32-27(33)35,14-16-31-20(2)34)23-6-4-3-5-7-23/h3-13,18-19H,14-17H2,1-2H3,(H,31,34)(H,32,35). The molecule has 1 saturated heterocycles. The predicted octanol–water partition coefficient (Wildman–Crippen LogP) is 5.53. The summed E-state index contributed by atoms with van der Waals surface area (Å²) < 4.78 is 27.4. The van der Waals surface area contributed by atoms with Crippen LogP contribution in [0.4, 0.5) is 13.6 Å². The molecule has 0 spiro atoms. The largest absolute Gasteiger partial charge is 0.356 e. The van der Waals surface area contributed by atoms with E-state index in [-0.39, 0.29) is 18.0 Å². The maximum Gasteiger partial charge on any atom is 0.318 e. The normalized spacial score (nSPS) is 18.6. The fourth-order valence-electron chi connectivity index (χ4n) is 4.72. The molecule has 0 saturated carbocycles. The summed E-state index contributed by atoms with van der Waals surface area (Å²) in [5.41, 5.74) is 2.32. The first-order chi connectivity index (χ1) is 16.8. The molecule has 3 aromatic carbocycles. The zero-order chi connectivity index (χ0) is 25.0. The maximum atomic E-state index is 14.2. The Balaban J connectivity index is 1.50. The van der Waals surface area contributed by atoms with Gasteiger partial charge in [0.05, 0.1) is 11.6 Å². The van der Waals surface area contributed by atoms with E-state index in [0.29, 0.717) is 37.1 Å². The lowest BCUT2D eigenvalue weighted by Gasteiger charge is -2.45. The average Bonchev–Trinajstić information content (AvgIpc) is 2.84. The van der Waals surface area contributed by atoms with Crippen LogP contribution in [0, 0.1) is 11.6 Å². The number of amides is 3. The van der Waals surface area contributed by atoms with Gasteiger partial charge < -0.3 is 15.5 Å². The SMILES string of the molecule is CC(=O)NCCC1(c2ccccc2)CCN(C(C)c2ccc(-c3ccc(F)cc3F)cc2)C(=O)N1. The molecule has 0 radical (unpaired) electrons. The molecule has 4 rings (SSSR count). The molecule has 7 heteroatoms. The van der Waals surface area contributed by atoms with Crippen molar-refractivity contribution in [2.75, 3.05) is 13.1 Å². The molecule has 35 heavy (non-hydrogen) atoms.